The zero-order chi connectivity index (χ0) is 27.4. The van der Waals surface area contributed by atoms with Crippen molar-refractivity contribution in [3.05, 3.63) is 93.4 Å². The van der Waals surface area contributed by atoms with Crippen LogP contribution in [0, 0.1) is 26.7 Å². The lowest BCUT2D eigenvalue weighted by atomic mass is 9.87. The fourth-order valence-electron chi connectivity index (χ4n) is 6.35. The van der Waals surface area contributed by atoms with Gasteiger partial charge in [-0.1, -0.05) is 42.5 Å². The maximum Gasteiger partial charge on any atom is 0.225 e. The molecule has 40 heavy (non-hydrogen) atoms. The molecule has 0 aliphatic carbocycles. The summed E-state index contributed by atoms with van der Waals surface area (Å²) in [6, 6.07) is 19.4. The highest BCUT2D eigenvalue weighted by molar-refractivity contribution is 7.15. The third-order valence-electron chi connectivity index (χ3n) is 8.89. The maximum atomic E-state index is 13.2. The molecule has 204 valence electrons. The van der Waals surface area contributed by atoms with Crippen LogP contribution < -0.4 is 4.90 Å². The third-order valence-corrected chi connectivity index (χ3v) is 10.1. The second kappa shape index (κ2) is 10.0. The van der Waals surface area contributed by atoms with Crippen LogP contribution in [0.25, 0.3) is 5.00 Å². The quantitative estimate of drug-likeness (QED) is 0.339. The highest BCUT2D eigenvalue weighted by Crippen LogP contribution is 2.37. The number of anilines is 1. The highest BCUT2D eigenvalue weighted by Gasteiger charge is 2.36. The average molecular weight is 551 g/mol. The van der Waals surface area contributed by atoms with Gasteiger partial charge in [-0.25, -0.2) is 0 Å². The fraction of sp³-hybridized carbons (Fsp3) is 0.375. The molecular formula is C32H34N6OS. The number of hydrogen-bond acceptors (Lipinski definition) is 6. The fourth-order valence-corrected chi connectivity index (χ4v) is 7.57. The van der Waals surface area contributed by atoms with E-state index in [1.54, 1.807) is 11.3 Å². The Labute approximate surface area is 239 Å². The minimum atomic E-state index is 0.150. The third kappa shape index (κ3) is 4.25. The molecule has 5 heterocycles. The number of amides is 1. The van der Waals surface area contributed by atoms with E-state index < -0.39 is 0 Å². The summed E-state index contributed by atoms with van der Waals surface area (Å²) in [5.41, 5.74) is 7.17. The second-order valence-electron chi connectivity index (χ2n) is 11.3. The smallest absolute Gasteiger partial charge is 0.225 e. The van der Waals surface area contributed by atoms with Crippen molar-refractivity contribution in [2.45, 2.75) is 46.1 Å². The van der Waals surface area contributed by atoms with E-state index in [4.69, 9.17) is 4.99 Å². The predicted octanol–water partition coefficient (Wildman–Crippen LogP) is 5.45. The van der Waals surface area contributed by atoms with Crippen LogP contribution in [0.4, 0.5) is 5.69 Å². The molecule has 2 aromatic carbocycles. The van der Waals surface area contributed by atoms with Gasteiger partial charge >= 0.3 is 0 Å². The Morgan fingerprint density at radius 2 is 1.65 bits per heavy atom. The van der Waals surface area contributed by atoms with Gasteiger partial charge in [0.05, 0.1) is 5.71 Å². The van der Waals surface area contributed by atoms with Gasteiger partial charge in [-0.3, -0.25) is 14.4 Å². The lowest BCUT2D eigenvalue weighted by Gasteiger charge is -2.43. The first-order valence-corrected chi connectivity index (χ1v) is 15.0. The number of hydrogen-bond donors (Lipinski definition) is 0. The number of nitrogens with zero attached hydrogens (tertiary/aromatic N) is 6. The van der Waals surface area contributed by atoms with Gasteiger partial charge in [0.2, 0.25) is 5.91 Å². The van der Waals surface area contributed by atoms with Crippen LogP contribution in [-0.2, 0) is 11.3 Å². The van der Waals surface area contributed by atoms with Crippen LogP contribution in [0.2, 0.25) is 0 Å². The number of aliphatic imine (C=N–C) groups is 1. The van der Waals surface area contributed by atoms with E-state index in [-0.39, 0.29) is 5.92 Å². The number of carbonyl (C=O) groups excluding carboxylic acids is 1. The van der Waals surface area contributed by atoms with Gasteiger partial charge in [-0.2, -0.15) is 0 Å². The van der Waals surface area contributed by atoms with Gasteiger partial charge in [0.15, 0.2) is 5.82 Å². The van der Waals surface area contributed by atoms with Crippen molar-refractivity contribution >= 4 is 28.6 Å². The minimum Gasteiger partial charge on any atom is -0.371 e. The van der Waals surface area contributed by atoms with Gasteiger partial charge < -0.3 is 9.80 Å². The molecule has 0 spiro atoms. The number of rotatable bonds is 4. The maximum absolute atomic E-state index is 13.2. The number of aromatic nitrogens is 3. The lowest BCUT2D eigenvalue weighted by Crippen LogP contribution is -2.52. The standard InChI is InChI=1S/C32H34N6OS/c1-20-21(2)40-32-29(20)30(33-17-28-35-34-22(3)38(28)32)24-11-9-23(10-12-24)26-18-37(19-26)31(39)25-13-15-36(16-14-25)27-7-5-4-6-8-27/h4-12,25-26H,13-19H2,1-3H3. The molecule has 8 heteroatoms. The molecule has 0 N–H and O–H groups in total. The SMILES string of the molecule is Cc1sc2c(c1C)C(c1ccc(C3CN(C(=O)C4CCN(c5ccccc5)CC4)C3)cc1)=NCc1nnc(C)n1-2. The number of thiophene rings is 1. The summed E-state index contributed by atoms with van der Waals surface area (Å²) in [6.07, 6.45) is 1.87. The van der Waals surface area contributed by atoms with Crippen molar-refractivity contribution in [2.75, 3.05) is 31.1 Å². The Kier molecular flexibility index (Phi) is 6.30. The van der Waals surface area contributed by atoms with Gasteiger partial charge in [-0.15, -0.1) is 21.5 Å². The van der Waals surface area contributed by atoms with Gasteiger partial charge in [0, 0.05) is 59.7 Å². The number of likely N-dealkylation sites (tertiary alicyclic amines) is 1. The molecule has 7 rings (SSSR count). The van der Waals surface area contributed by atoms with Crippen molar-refractivity contribution in [1.82, 2.24) is 19.7 Å². The molecule has 0 saturated carbocycles. The van der Waals surface area contributed by atoms with E-state index in [1.165, 1.54) is 27.3 Å². The molecule has 3 aliphatic heterocycles. The van der Waals surface area contributed by atoms with Gasteiger partial charge in [0.25, 0.3) is 0 Å². The monoisotopic (exact) mass is 550 g/mol. The molecule has 2 saturated heterocycles. The molecule has 3 aliphatic rings. The molecule has 2 fully saturated rings. The molecule has 0 atom stereocenters. The zero-order valence-corrected chi connectivity index (χ0v) is 24.1. The van der Waals surface area contributed by atoms with E-state index in [1.807, 2.05) is 6.92 Å². The topological polar surface area (TPSA) is 66.6 Å². The Morgan fingerprint density at radius 1 is 0.925 bits per heavy atom. The largest absolute Gasteiger partial charge is 0.371 e. The first-order chi connectivity index (χ1) is 19.5. The number of fused-ring (bicyclic) bond motifs is 3. The molecule has 0 bridgehead atoms. The first-order valence-electron chi connectivity index (χ1n) is 14.2. The zero-order valence-electron chi connectivity index (χ0n) is 23.3. The van der Waals surface area contributed by atoms with E-state index in [0.29, 0.717) is 18.4 Å². The van der Waals surface area contributed by atoms with Crippen LogP contribution in [0.3, 0.4) is 0 Å². The van der Waals surface area contributed by atoms with E-state index in [0.717, 1.165) is 66.9 Å². The molecule has 1 amide bonds. The van der Waals surface area contributed by atoms with E-state index >= 15 is 0 Å². The summed E-state index contributed by atoms with van der Waals surface area (Å²) in [4.78, 5) is 24.0. The van der Waals surface area contributed by atoms with Crippen LogP contribution in [0.1, 0.15) is 57.5 Å². The summed E-state index contributed by atoms with van der Waals surface area (Å²) in [6.45, 7) is 10.4. The van der Waals surface area contributed by atoms with Gasteiger partial charge in [0.1, 0.15) is 17.4 Å². The average Bonchev–Trinajstić information content (AvgIpc) is 3.41. The Balaban J connectivity index is 1.01. The van der Waals surface area contributed by atoms with Crippen molar-refractivity contribution in [2.24, 2.45) is 10.9 Å². The van der Waals surface area contributed by atoms with Gasteiger partial charge in [-0.05, 0) is 56.9 Å². The summed E-state index contributed by atoms with van der Waals surface area (Å²) in [5, 5.41) is 9.86. The second-order valence-corrected chi connectivity index (χ2v) is 12.5. The van der Waals surface area contributed by atoms with Crippen molar-refractivity contribution < 1.29 is 4.79 Å². The van der Waals surface area contributed by atoms with Crippen molar-refractivity contribution in [3.8, 4) is 5.00 Å². The van der Waals surface area contributed by atoms with Crippen LogP contribution in [0.15, 0.2) is 59.6 Å². The highest BCUT2D eigenvalue weighted by atomic mass is 32.1. The van der Waals surface area contributed by atoms with Crippen LogP contribution in [-0.4, -0.2) is 57.5 Å². The summed E-state index contributed by atoms with van der Waals surface area (Å²) < 4.78 is 2.16. The lowest BCUT2D eigenvalue weighted by molar-refractivity contribution is -0.140. The first kappa shape index (κ1) is 25.2. The number of piperidine rings is 1. The number of benzene rings is 2. The molecule has 0 unspecified atom stereocenters. The van der Waals surface area contributed by atoms with Crippen molar-refractivity contribution in [1.29, 1.82) is 0 Å². The van der Waals surface area contributed by atoms with E-state index in [2.05, 4.69) is 93.0 Å². The Hall–Kier alpha value is -3.78. The summed E-state index contributed by atoms with van der Waals surface area (Å²) >= 11 is 1.79. The minimum absolute atomic E-state index is 0.150. The number of para-hydroxylation sites is 1. The normalized spacial score (nSPS) is 17.6. The number of carbonyl (C=O) groups is 1. The summed E-state index contributed by atoms with van der Waals surface area (Å²) in [5.74, 6) is 2.67. The van der Waals surface area contributed by atoms with E-state index in [9.17, 15) is 4.79 Å². The molecule has 7 nitrogen and oxygen atoms in total. The molecule has 4 aromatic rings. The summed E-state index contributed by atoms with van der Waals surface area (Å²) in [7, 11) is 0. The molecular weight excluding hydrogens is 516 g/mol. The predicted molar refractivity (Wildman–Crippen MR) is 160 cm³/mol. The Morgan fingerprint density at radius 3 is 2.38 bits per heavy atom. The number of aryl methyl sites for hydroxylation is 2. The van der Waals surface area contributed by atoms with Crippen LogP contribution in [0.5, 0.6) is 0 Å². The molecule has 0 radical (unpaired) electrons. The van der Waals surface area contributed by atoms with Crippen LogP contribution >= 0.6 is 11.3 Å². The Bertz CT molecular complexity index is 1590. The molecule has 2 aromatic heterocycles. The van der Waals surface area contributed by atoms with Crippen molar-refractivity contribution in [3.63, 3.8) is 0 Å².